The summed E-state index contributed by atoms with van der Waals surface area (Å²) in [5.74, 6) is -1.43. The van der Waals surface area contributed by atoms with E-state index < -0.39 is 36.5 Å². The molecule has 2 unspecified atom stereocenters. The second-order valence-electron chi connectivity index (χ2n) is 5.01. The number of aliphatic hydroxyl groups excluding tert-OH is 1. The van der Waals surface area contributed by atoms with E-state index in [0.29, 0.717) is 24.0 Å². The van der Waals surface area contributed by atoms with Crippen LogP contribution in [-0.4, -0.2) is 35.9 Å². The topological polar surface area (TPSA) is 23.5 Å². The van der Waals surface area contributed by atoms with Crippen molar-refractivity contribution in [2.75, 3.05) is 13.6 Å². The Kier molecular flexibility index (Phi) is 4.02. The van der Waals surface area contributed by atoms with Gasteiger partial charge in [-0.05, 0) is 37.1 Å². The summed E-state index contributed by atoms with van der Waals surface area (Å²) in [5.41, 5.74) is 0.698. The number of hydrogen-bond donors (Lipinski definition) is 1. The summed E-state index contributed by atoms with van der Waals surface area (Å²) in [4.78, 5) is 1.28. The average Bonchev–Trinajstić information content (AvgIpc) is 2.71. The van der Waals surface area contributed by atoms with Crippen molar-refractivity contribution in [2.45, 2.75) is 31.2 Å². The van der Waals surface area contributed by atoms with E-state index in [2.05, 4.69) is 0 Å². The number of aliphatic hydroxyl groups is 1. The van der Waals surface area contributed by atoms with Crippen molar-refractivity contribution in [2.24, 2.45) is 0 Å². The molecule has 0 saturated heterocycles. The molecule has 0 radical (unpaired) electrons. The zero-order valence-corrected chi connectivity index (χ0v) is 10.7. The molecule has 0 bridgehead atoms. The van der Waals surface area contributed by atoms with Gasteiger partial charge in [-0.2, -0.15) is 13.2 Å². The lowest BCUT2D eigenvalue weighted by atomic mass is 10.1. The van der Waals surface area contributed by atoms with E-state index in [1.165, 1.54) is 11.9 Å². The molecule has 1 aromatic rings. The number of alkyl halides is 3. The van der Waals surface area contributed by atoms with Gasteiger partial charge in [-0.3, -0.25) is 4.90 Å². The Bertz CT molecular complexity index is 502. The number of nitrogens with zero attached hydrogens (tertiary/aromatic N) is 1. The van der Waals surface area contributed by atoms with E-state index in [-0.39, 0.29) is 0 Å². The average molecular weight is 295 g/mol. The molecule has 2 rings (SSSR count). The highest BCUT2D eigenvalue weighted by atomic mass is 19.4. The zero-order valence-electron chi connectivity index (χ0n) is 10.7. The van der Waals surface area contributed by atoms with Crippen LogP contribution in [0, 0.1) is 11.6 Å². The van der Waals surface area contributed by atoms with E-state index in [4.69, 9.17) is 5.11 Å². The van der Waals surface area contributed by atoms with Gasteiger partial charge in [0.2, 0.25) is 0 Å². The summed E-state index contributed by atoms with van der Waals surface area (Å²) in [6.45, 7) is -0.633. The Morgan fingerprint density at radius 1 is 1.35 bits per heavy atom. The number of rotatable bonds is 3. The maximum atomic E-state index is 13.6. The molecular formula is C13H14F5NO. The van der Waals surface area contributed by atoms with Gasteiger partial charge in [0.1, 0.15) is 11.6 Å². The van der Waals surface area contributed by atoms with Gasteiger partial charge < -0.3 is 5.11 Å². The summed E-state index contributed by atoms with van der Waals surface area (Å²) in [6, 6.07) is 1.39. The second kappa shape index (κ2) is 5.29. The second-order valence-corrected chi connectivity index (χ2v) is 5.01. The molecule has 1 aliphatic rings. The van der Waals surface area contributed by atoms with E-state index in [9.17, 15) is 22.0 Å². The monoisotopic (exact) mass is 295 g/mol. The van der Waals surface area contributed by atoms with Crippen LogP contribution in [0.5, 0.6) is 0 Å². The van der Waals surface area contributed by atoms with Crippen molar-refractivity contribution in [3.05, 3.63) is 34.9 Å². The van der Waals surface area contributed by atoms with Crippen molar-refractivity contribution in [1.29, 1.82) is 0 Å². The van der Waals surface area contributed by atoms with Crippen molar-refractivity contribution in [3.63, 3.8) is 0 Å². The predicted octanol–water partition coefficient (Wildman–Crippen LogP) is 2.81. The molecule has 1 N–H and O–H groups in total. The fraction of sp³-hybridized carbons (Fsp3) is 0.538. The van der Waals surface area contributed by atoms with Crippen LogP contribution in [0.25, 0.3) is 0 Å². The van der Waals surface area contributed by atoms with Gasteiger partial charge in [-0.1, -0.05) is 0 Å². The lowest BCUT2D eigenvalue weighted by molar-refractivity contribution is -0.208. The molecular weight excluding hydrogens is 281 g/mol. The Morgan fingerprint density at radius 2 is 2.00 bits per heavy atom. The normalized spacial score (nSPS) is 20.3. The van der Waals surface area contributed by atoms with E-state index >= 15 is 0 Å². The molecule has 112 valence electrons. The standard InChI is InChI=1S/C13H14F5NO/c1-19(6-12(20)13(16,17)18)11-3-2-8-9(11)4-7(14)5-10(8)15/h4-5,11-12,20H,2-3,6H2,1H3. The molecule has 2 atom stereocenters. The summed E-state index contributed by atoms with van der Waals surface area (Å²) < 4.78 is 63.7. The van der Waals surface area contributed by atoms with Gasteiger partial charge in [-0.25, -0.2) is 8.78 Å². The maximum absolute atomic E-state index is 13.6. The first-order valence-electron chi connectivity index (χ1n) is 6.13. The van der Waals surface area contributed by atoms with Crippen molar-refractivity contribution in [1.82, 2.24) is 4.90 Å². The van der Waals surface area contributed by atoms with Gasteiger partial charge in [0.15, 0.2) is 6.10 Å². The highest BCUT2D eigenvalue weighted by molar-refractivity contribution is 5.36. The summed E-state index contributed by atoms with van der Waals surface area (Å²) in [5, 5.41) is 9.06. The number of hydrogen-bond acceptors (Lipinski definition) is 2. The molecule has 0 aromatic heterocycles. The summed E-state index contributed by atoms with van der Waals surface area (Å²) >= 11 is 0. The third kappa shape index (κ3) is 2.93. The van der Waals surface area contributed by atoms with Crippen LogP contribution in [-0.2, 0) is 6.42 Å². The Hall–Kier alpha value is -1.21. The predicted molar refractivity (Wildman–Crippen MR) is 62.1 cm³/mol. The lowest BCUT2D eigenvalue weighted by Crippen LogP contribution is -2.40. The van der Waals surface area contributed by atoms with Crippen LogP contribution in [0.4, 0.5) is 22.0 Å². The minimum atomic E-state index is -4.71. The van der Waals surface area contributed by atoms with Crippen LogP contribution in [0.1, 0.15) is 23.6 Å². The fourth-order valence-electron chi connectivity index (χ4n) is 2.58. The first-order chi connectivity index (χ1) is 9.20. The third-order valence-corrected chi connectivity index (χ3v) is 3.59. The molecule has 0 spiro atoms. The molecule has 0 fully saturated rings. The minimum absolute atomic E-state index is 0.338. The molecule has 7 heteroatoms. The van der Waals surface area contributed by atoms with Gasteiger partial charge in [0.05, 0.1) is 0 Å². The molecule has 0 heterocycles. The molecule has 1 aromatic carbocycles. The largest absolute Gasteiger partial charge is 0.415 e. The zero-order chi connectivity index (χ0) is 15.1. The lowest BCUT2D eigenvalue weighted by Gasteiger charge is -2.28. The molecule has 2 nitrogen and oxygen atoms in total. The van der Waals surface area contributed by atoms with Gasteiger partial charge in [0.25, 0.3) is 0 Å². The first-order valence-corrected chi connectivity index (χ1v) is 6.13. The van der Waals surface area contributed by atoms with Crippen molar-refractivity contribution < 1.29 is 27.1 Å². The number of halogens is 5. The van der Waals surface area contributed by atoms with Crippen molar-refractivity contribution in [3.8, 4) is 0 Å². The Balaban J connectivity index is 2.17. The highest BCUT2D eigenvalue weighted by Crippen LogP contribution is 2.37. The number of fused-ring (bicyclic) bond motifs is 1. The Morgan fingerprint density at radius 3 is 2.60 bits per heavy atom. The molecule has 20 heavy (non-hydrogen) atoms. The first kappa shape index (κ1) is 15.2. The maximum Gasteiger partial charge on any atom is 0.415 e. The Labute approximate surface area is 112 Å². The van der Waals surface area contributed by atoms with Crippen LogP contribution in [0.2, 0.25) is 0 Å². The van der Waals surface area contributed by atoms with E-state index in [1.807, 2.05) is 0 Å². The quantitative estimate of drug-likeness (QED) is 0.867. The summed E-state index contributed by atoms with van der Waals surface area (Å²) in [7, 11) is 1.40. The van der Waals surface area contributed by atoms with Crippen LogP contribution in [0.3, 0.4) is 0 Å². The van der Waals surface area contributed by atoms with E-state index in [0.717, 1.165) is 12.1 Å². The number of benzene rings is 1. The smallest absolute Gasteiger partial charge is 0.382 e. The molecule has 1 aliphatic carbocycles. The van der Waals surface area contributed by atoms with Gasteiger partial charge >= 0.3 is 6.18 Å². The fourth-order valence-corrected chi connectivity index (χ4v) is 2.58. The van der Waals surface area contributed by atoms with Crippen molar-refractivity contribution >= 4 is 0 Å². The van der Waals surface area contributed by atoms with Crippen LogP contribution in [0.15, 0.2) is 12.1 Å². The molecule has 0 amide bonds. The molecule has 0 saturated carbocycles. The SMILES string of the molecule is CN(CC(O)C(F)(F)F)C1CCc2c(F)cc(F)cc21. The van der Waals surface area contributed by atoms with Gasteiger partial charge in [-0.15, -0.1) is 0 Å². The highest BCUT2D eigenvalue weighted by Gasteiger charge is 2.40. The van der Waals surface area contributed by atoms with Crippen LogP contribution >= 0.6 is 0 Å². The minimum Gasteiger partial charge on any atom is -0.382 e. The molecule has 0 aliphatic heterocycles. The third-order valence-electron chi connectivity index (χ3n) is 3.59. The summed E-state index contributed by atoms with van der Waals surface area (Å²) in [6.07, 6.45) is -6.44. The van der Waals surface area contributed by atoms with Crippen LogP contribution < -0.4 is 0 Å². The van der Waals surface area contributed by atoms with Gasteiger partial charge in [0, 0.05) is 18.7 Å². The number of likely N-dealkylation sites (N-methyl/N-ethyl adjacent to an activating group) is 1. The van der Waals surface area contributed by atoms with E-state index in [1.54, 1.807) is 0 Å².